The molecule has 4 nitrogen and oxygen atoms in total. The largest absolute Gasteiger partial charge is 0.426 e. The van der Waals surface area contributed by atoms with E-state index in [1.807, 2.05) is 0 Å². The number of pyridine rings is 1. The van der Waals surface area contributed by atoms with Gasteiger partial charge >= 0.3 is 0 Å². The van der Waals surface area contributed by atoms with E-state index in [4.69, 9.17) is 21.8 Å². The van der Waals surface area contributed by atoms with Gasteiger partial charge in [0.1, 0.15) is 0 Å². The highest BCUT2D eigenvalue weighted by atomic mass is 35.5. The smallest absolute Gasteiger partial charge is 0.294 e. The summed E-state index contributed by atoms with van der Waals surface area (Å²) in [6, 6.07) is 1.78. The lowest BCUT2D eigenvalue weighted by molar-refractivity contribution is 0.604. The Labute approximate surface area is 73.4 Å². The van der Waals surface area contributed by atoms with Crippen molar-refractivity contribution in [3.05, 3.63) is 23.2 Å². The maximum atomic E-state index is 5.53. The molecule has 2 aromatic heterocycles. The molecule has 62 valence electrons. The molecule has 0 amide bonds. The molecule has 0 fully saturated rings. The summed E-state index contributed by atoms with van der Waals surface area (Å²) in [6.07, 6.45) is 1.65. The molecule has 0 unspecified atom stereocenters. The van der Waals surface area contributed by atoms with Crippen LogP contribution in [0.5, 0.6) is 0 Å². The maximum Gasteiger partial charge on any atom is 0.294 e. The third-order valence-electron chi connectivity index (χ3n) is 1.51. The number of halogens is 1. The van der Waals surface area contributed by atoms with E-state index in [2.05, 4.69) is 9.97 Å². The molecule has 0 radical (unpaired) electrons. The van der Waals surface area contributed by atoms with Gasteiger partial charge < -0.3 is 10.2 Å². The molecule has 0 aliphatic rings. The van der Waals surface area contributed by atoms with Gasteiger partial charge in [0.25, 0.3) is 5.35 Å². The number of hydrogen-bond acceptors (Lipinski definition) is 4. The minimum atomic E-state index is 0.103. The predicted octanol–water partition coefficient (Wildman–Crippen LogP) is 1.33. The van der Waals surface area contributed by atoms with Gasteiger partial charge in [-0.05, 0) is 23.2 Å². The molecule has 0 bridgehead atoms. The second-order valence-electron chi connectivity index (χ2n) is 2.34. The Hall–Kier alpha value is -1.13. The Kier molecular flexibility index (Phi) is 1.71. The van der Waals surface area contributed by atoms with Crippen LogP contribution in [0.15, 0.2) is 16.7 Å². The number of hydrogen-bond donors (Lipinski definition) is 1. The lowest BCUT2D eigenvalue weighted by Crippen LogP contribution is -1.96. The topological polar surface area (TPSA) is 64.9 Å². The Morgan fingerprint density at radius 1 is 1.58 bits per heavy atom. The van der Waals surface area contributed by atoms with Gasteiger partial charge in [-0.3, -0.25) is 0 Å². The number of nitrogens with two attached hydrogens (primary N) is 1. The third-order valence-corrected chi connectivity index (χ3v) is 1.67. The summed E-state index contributed by atoms with van der Waals surface area (Å²) < 4.78 is 5.05. The van der Waals surface area contributed by atoms with Gasteiger partial charge in [-0.25, -0.2) is 4.98 Å². The zero-order chi connectivity index (χ0) is 8.55. The number of rotatable bonds is 1. The highest BCUT2D eigenvalue weighted by molar-refractivity contribution is 6.28. The second kappa shape index (κ2) is 2.73. The first-order valence-corrected chi connectivity index (χ1v) is 3.78. The van der Waals surface area contributed by atoms with Crippen LogP contribution in [0.2, 0.25) is 5.35 Å². The summed E-state index contributed by atoms with van der Waals surface area (Å²) in [5.41, 5.74) is 7.39. The van der Waals surface area contributed by atoms with E-state index >= 15 is 0 Å². The molecule has 0 saturated heterocycles. The Balaban J connectivity index is 2.66. The van der Waals surface area contributed by atoms with Crippen LogP contribution in [0.3, 0.4) is 0 Å². The monoisotopic (exact) mass is 183 g/mol. The van der Waals surface area contributed by atoms with Crippen molar-refractivity contribution in [2.45, 2.75) is 6.54 Å². The van der Waals surface area contributed by atoms with Crippen LogP contribution in [0.1, 0.15) is 5.56 Å². The van der Waals surface area contributed by atoms with Crippen molar-refractivity contribution >= 4 is 22.8 Å². The van der Waals surface area contributed by atoms with Gasteiger partial charge in [0.15, 0.2) is 11.2 Å². The molecule has 2 rings (SSSR count). The first kappa shape index (κ1) is 7.52. The van der Waals surface area contributed by atoms with Crippen LogP contribution in [0.4, 0.5) is 0 Å². The standard InChI is InChI=1S/C7H6ClN3O/c8-7-11-6-5(12-7)1-4(2-9)3-10-6/h1,3H,2,9H2. The van der Waals surface area contributed by atoms with Crippen LogP contribution in [-0.2, 0) is 6.54 Å². The van der Waals surface area contributed by atoms with Crippen molar-refractivity contribution in [1.29, 1.82) is 0 Å². The van der Waals surface area contributed by atoms with Crippen molar-refractivity contribution in [2.75, 3.05) is 0 Å². The Morgan fingerprint density at radius 2 is 2.42 bits per heavy atom. The van der Waals surface area contributed by atoms with Crippen LogP contribution < -0.4 is 5.73 Å². The zero-order valence-electron chi connectivity index (χ0n) is 6.12. The van der Waals surface area contributed by atoms with E-state index < -0.39 is 0 Å². The van der Waals surface area contributed by atoms with Crippen molar-refractivity contribution < 1.29 is 4.42 Å². The van der Waals surface area contributed by atoms with Crippen LogP contribution >= 0.6 is 11.6 Å². The van der Waals surface area contributed by atoms with Crippen molar-refractivity contribution in [2.24, 2.45) is 5.73 Å². The number of nitrogens with zero attached hydrogens (tertiary/aromatic N) is 2. The molecule has 0 aromatic carbocycles. The lowest BCUT2D eigenvalue weighted by Gasteiger charge is -1.91. The summed E-state index contributed by atoms with van der Waals surface area (Å²) >= 11 is 5.53. The van der Waals surface area contributed by atoms with E-state index in [-0.39, 0.29) is 5.35 Å². The summed E-state index contributed by atoms with van der Waals surface area (Å²) in [5.74, 6) is 0. The quantitative estimate of drug-likeness (QED) is 0.725. The van der Waals surface area contributed by atoms with Crippen LogP contribution in [-0.4, -0.2) is 9.97 Å². The van der Waals surface area contributed by atoms with E-state index in [0.29, 0.717) is 17.8 Å². The summed E-state index contributed by atoms with van der Waals surface area (Å²) in [5, 5.41) is 0.103. The van der Waals surface area contributed by atoms with Gasteiger partial charge in [0, 0.05) is 12.7 Å². The van der Waals surface area contributed by atoms with E-state index in [9.17, 15) is 0 Å². The fourth-order valence-corrected chi connectivity index (χ4v) is 1.11. The van der Waals surface area contributed by atoms with Crippen LogP contribution in [0.25, 0.3) is 11.2 Å². The minimum absolute atomic E-state index is 0.103. The first-order valence-electron chi connectivity index (χ1n) is 3.40. The Morgan fingerprint density at radius 3 is 3.17 bits per heavy atom. The van der Waals surface area contributed by atoms with Crippen molar-refractivity contribution in [1.82, 2.24) is 9.97 Å². The zero-order valence-corrected chi connectivity index (χ0v) is 6.88. The molecule has 2 N–H and O–H groups in total. The number of fused-ring (bicyclic) bond motifs is 1. The summed E-state index contributed by atoms with van der Waals surface area (Å²) in [4.78, 5) is 7.84. The van der Waals surface area contributed by atoms with Gasteiger partial charge in [0.2, 0.25) is 0 Å². The molecule has 2 aromatic rings. The maximum absolute atomic E-state index is 5.53. The van der Waals surface area contributed by atoms with E-state index in [0.717, 1.165) is 5.56 Å². The fraction of sp³-hybridized carbons (Fsp3) is 0.143. The molecule has 2 heterocycles. The van der Waals surface area contributed by atoms with E-state index in [1.54, 1.807) is 12.3 Å². The van der Waals surface area contributed by atoms with E-state index in [1.165, 1.54) is 0 Å². The predicted molar refractivity (Wildman–Crippen MR) is 44.7 cm³/mol. The number of aromatic nitrogens is 2. The first-order chi connectivity index (χ1) is 5.79. The number of oxazole rings is 1. The summed E-state index contributed by atoms with van der Waals surface area (Å²) in [6.45, 7) is 0.432. The average molecular weight is 184 g/mol. The van der Waals surface area contributed by atoms with Gasteiger partial charge in [-0.2, -0.15) is 4.98 Å². The van der Waals surface area contributed by atoms with Gasteiger partial charge in [-0.15, -0.1) is 0 Å². The molecule has 0 saturated carbocycles. The molecular formula is C7H6ClN3O. The van der Waals surface area contributed by atoms with Crippen molar-refractivity contribution in [3.8, 4) is 0 Å². The minimum Gasteiger partial charge on any atom is -0.426 e. The molecular weight excluding hydrogens is 178 g/mol. The normalized spacial score (nSPS) is 10.8. The van der Waals surface area contributed by atoms with Gasteiger partial charge in [-0.1, -0.05) is 0 Å². The lowest BCUT2D eigenvalue weighted by atomic mass is 10.3. The molecule has 0 aliphatic heterocycles. The SMILES string of the molecule is NCc1cnc2nc(Cl)oc2c1. The fourth-order valence-electron chi connectivity index (χ4n) is 0.945. The molecule has 0 atom stereocenters. The van der Waals surface area contributed by atoms with Gasteiger partial charge in [0.05, 0.1) is 0 Å². The molecule has 12 heavy (non-hydrogen) atoms. The summed E-state index contributed by atoms with van der Waals surface area (Å²) in [7, 11) is 0. The third kappa shape index (κ3) is 1.15. The average Bonchev–Trinajstić information content (AvgIpc) is 2.43. The molecule has 0 spiro atoms. The molecule has 0 aliphatic carbocycles. The Bertz CT molecular complexity index is 412. The second-order valence-corrected chi connectivity index (χ2v) is 2.66. The highest BCUT2D eigenvalue weighted by Crippen LogP contribution is 2.17. The van der Waals surface area contributed by atoms with Crippen molar-refractivity contribution in [3.63, 3.8) is 0 Å². The highest BCUT2D eigenvalue weighted by Gasteiger charge is 2.04. The molecule has 5 heteroatoms. The van der Waals surface area contributed by atoms with Crippen LogP contribution in [0, 0.1) is 0 Å².